The van der Waals surface area contributed by atoms with E-state index < -0.39 is 11.4 Å². The largest absolute Gasteiger partial charge is 0.491 e. The number of benzene rings is 1. The Morgan fingerprint density at radius 1 is 1.38 bits per heavy atom. The molecule has 21 heavy (non-hydrogen) atoms. The predicted octanol–water partition coefficient (Wildman–Crippen LogP) is 2.10. The van der Waals surface area contributed by atoms with E-state index in [1.165, 1.54) is 0 Å². The molecule has 2 N–H and O–H groups in total. The van der Waals surface area contributed by atoms with Gasteiger partial charge in [0, 0.05) is 13.1 Å². The van der Waals surface area contributed by atoms with Crippen LogP contribution in [0.1, 0.15) is 20.3 Å². The van der Waals surface area contributed by atoms with E-state index in [1.807, 2.05) is 24.3 Å². The highest BCUT2D eigenvalue weighted by Crippen LogP contribution is 2.30. The normalized spacial score (nSPS) is 14.7. The number of hydrogen-bond acceptors (Lipinski definition) is 3. The molecule has 0 atom stereocenters. The van der Waals surface area contributed by atoms with E-state index in [9.17, 15) is 9.59 Å². The van der Waals surface area contributed by atoms with E-state index >= 15 is 0 Å². The number of nitrogens with one attached hydrogen (secondary N) is 1. The highest BCUT2D eigenvalue weighted by molar-refractivity contribution is 5.94. The number of carboxylic acid groups (broad SMARTS) is 1. The molecule has 2 rings (SSSR count). The molecule has 6 heteroatoms. The number of carbonyl (C=O) groups excluding carboxylic acids is 1. The van der Waals surface area contributed by atoms with Gasteiger partial charge in [0.15, 0.2) is 0 Å². The van der Waals surface area contributed by atoms with Crippen molar-refractivity contribution in [2.75, 3.05) is 24.6 Å². The quantitative estimate of drug-likeness (QED) is 0.894. The zero-order chi connectivity index (χ0) is 15.5. The van der Waals surface area contributed by atoms with E-state index in [-0.39, 0.29) is 12.6 Å². The predicted molar refractivity (Wildman–Crippen MR) is 78.7 cm³/mol. The first kappa shape index (κ1) is 15.2. The minimum absolute atomic E-state index is 0.0701. The first-order valence-corrected chi connectivity index (χ1v) is 6.92. The SMILES string of the molecule is CC(C)(CNC(=O)N1CCCOc2ccccc21)C(=O)O. The molecule has 1 aromatic rings. The summed E-state index contributed by atoms with van der Waals surface area (Å²) in [5.41, 5.74) is -0.294. The van der Waals surface area contributed by atoms with Crippen LogP contribution in [-0.2, 0) is 4.79 Å². The first-order valence-electron chi connectivity index (χ1n) is 6.92. The lowest BCUT2D eigenvalue weighted by atomic mass is 9.94. The van der Waals surface area contributed by atoms with Crippen molar-refractivity contribution < 1.29 is 19.4 Å². The van der Waals surface area contributed by atoms with Crippen molar-refractivity contribution in [2.45, 2.75) is 20.3 Å². The van der Waals surface area contributed by atoms with Gasteiger partial charge in [0.1, 0.15) is 5.75 Å². The summed E-state index contributed by atoms with van der Waals surface area (Å²) in [5.74, 6) is -0.273. The number of hydrogen-bond donors (Lipinski definition) is 2. The highest BCUT2D eigenvalue weighted by atomic mass is 16.5. The summed E-state index contributed by atoms with van der Waals surface area (Å²) in [5, 5.41) is 11.8. The Balaban J connectivity index is 2.11. The van der Waals surface area contributed by atoms with Gasteiger partial charge in [-0.15, -0.1) is 0 Å². The average Bonchev–Trinajstić information content (AvgIpc) is 2.67. The van der Waals surface area contributed by atoms with Gasteiger partial charge in [0.2, 0.25) is 0 Å². The Bertz CT molecular complexity index is 542. The topological polar surface area (TPSA) is 78.9 Å². The number of fused-ring (bicyclic) bond motifs is 1. The molecule has 0 aliphatic carbocycles. The Kier molecular flexibility index (Phi) is 4.35. The van der Waals surface area contributed by atoms with Crippen molar-refractivity contribution in [2.24, 2.45) is 5.41 Å². The van der Waals surface area contributed by atoms with Gasteiger partial charge >= 0.3 is 12.0 Å². The minimum atomic E-state index is -1.00. The lowest BCUT2D eigenvalue weighted by molar-refractivity contribution is -0.146. The molecule has 0 saturated heterocycles. The zero-order valence-electron chi connectivity index (χ0n) is 12.3. The molecule has 2 amide bonds. The lowest BCUT2D eigenvalue weighted by Gasteiger charge is -2.25. The van der Waals surface area contributed by atoms with Crippen LogP contribution in [0.3, 0.4) is 0 Å². The summed E-state index contributed by atoms with van der Waals surface area (Å²) in [7, 11) is 0. The van der Waals surface area contributed by atoms with Crippen LogP contribution < -0.4 is 15.0 Å². The Morgan fingerprint density at radius 3 is 2.81 bits per heavy atom. The van der Waals surface area contributed by atoms with Gasteiger partial charge in [-0.1, -0.05) is 12.1 Å². The van der Waals surface area contributed by atoms with Gasteiger partial charge in [-0.2, -0.15) is 0 Å². The second kappa shape index (κ2) is 6.03. The number of carbonyl (C=O) groups is 2. The summed E-state index contributed by atoms with van der Waals surface area (Å²) in [6, 6.07) is 7.04. The fourth-order valence-electron chi connectivity index (χ4n) is 2.01. The molecule has 0 bridgehead atoms. The summed E-state index contributed by atoms with van der Waals surface area (Å²) in [6.07, 6.45) is 0.727. The molecule has 1 heterocycles. The van der Waals surface area contributed by atoms with E-state index in [2.05, 4.69) is 5.32 Å². The van der Waals surface area contributed by atoms with Crippen LogP contribution in [0.25, 0.3) is 0 Å². The van der Waals surface area contributed by atoms with Gasteiger partial charge in [-0.25, -0.2) is 4.79 Å². The number of para-hydroxylation sites is 2. The monoisotopic (exact) mass is 292 g/mol. The number of rotatable bonds is 3. The van der Waals surface area contributed by atoms with Gasteiger partial charge in [-0.3, -0.25) is 9.69 Å². The van der Waals surface area contributed by atoms with Crippen LogP contribution >= 0.6 is 0 Å². The van der Waals surface area contributed by atoms with E-state index in [0.29, 0.717) is 24.6 Å². The maximum atomic E-state index is 12.3. The number of urea groups is 1. The van der Waals surface area contributed by atoms with Crippen LogP contribution in [0.5, 0.6) is 5.75 Å². The summed E-state index contributed by atoms with van der Waals surface area (Å²) in [6.45, 7) is 4.32. The molecule has 114 valence electrons. The summed E-state index contributed by atoms with van der Waals surface area (Å²) in [4.78, 5) is 25.0. The average molecular weight is 292 g/mol. The third-order valence-corrected chi connectivity index (χ3v) is 3.45. The van der Waals surface area contributed by atoms with Gasteiger partial charge in [0.05, 0.1) is 17.7 Å². The van der Waals surface area contributed by atoms with Crippen molar-refractivity contribution in [3.8, 4) is 5.75 Å². The number of carboxylic acids is 1. The van der Waals surface area contributed by atoms with Crippen molar-refractivity contribution in [1.29, 1.82) is 0 Å². The van der Waals surface area contributed by atoms with Crippen LogP contribution in [0.15, 0.2) is 24.3 Å². The molecule has 0 radical (unpaired) electrons. The summed E-state index contributed by atoms with van der Waals surface area (Å²) >= 11 is 0. The first-order chi connectivity index (χ1) is 9.92. The number of ether oxygens (including phenoxy) is 1. The van der Waals surface area contributed by atoms with Crippen molar-refractivity contribution >= 4 is 17.7 Å². The van der Waals surface area contributed by atoms with Crippen molar-refractivity contribution in [1.82, 2.24) is 5.32 Å². The highest BCUT2D eigenvalue weighted by Gasteiger charge is 2.29. The maximum Gasteiger partial charge on any atom is 0.322 e. The number of anilines is 1. The fraction of sp³-hybridized carbons (Fsp3) is 0.467. The second-order valence-corrected chi connectivity index (χ2v) is 5.67. The van der Waals surface area contributed by atoms with Gasteiger partial charge in [0.25, 0.3) is 0 Å². The van der Waals surface area contributed by atoms with Crippen LogP contribution in [0, 0.1) is 5.41 Å². The van der Waals surface area contributed by atoms with E-state index in [4.69, 9.17) is 9.84 Å². The van der Waals surface area contributed by atoms with Crippen LogP contribution in [0.2, 0.25) is 0 Å². The molecular formula is C15H20N2O4. The number of aliphatic carboxylic acids is 1. The van der Waals surface area contributed by atoms with Gasteiger partial charge in [-0.05, 0) is 32.4 Å². The van der Waals surface area contributed by atoms with Crippen molar-refractivity contribution in [3.05, 3.63) is 24.3 Å². The second-order valence-electron chi connectivity index (χ2n) is 5.67. The Hall–Kier alpha value is -2.24. The molecule has 0 aromatic heterocycles. The van der Waals surface area contributed by atoms with Gasteiger partial charge < -0.3 is 15.2 Å². The number of nitrogens with zero attached hydrogens (tertiary/aromatic N) is 1. The molecule has 0 fully saturated rings. The van der Waals surface area contributed by atoms with E-state index in [1.54, 1.807) is 18.7 Å². The standard InChI is InChI=1S/C15H20N2O4/c1-15(2,13(18)19)10-16-14(20)17-8-5-9-21-12-7-4-3-6-11(12)17/h3-4,6-7H,5,8-10H2,1-2H3,(H,16,20)(H,18,19). The summed E-state index contributed by atoms with van der Waals surface area (Å²) < 4.78 is 5.60. The third kappa shape index (κ3) is 3.45. The molecule has 6 nitrogen and oxygen atoms in total. The molecule has 1 aromatic carbocycles. The molecule has 1 aliphatic rings. The molecule has 0 spiro atoms. The Morgan fingerprint density at radius 2 is 2.10 bits per heavy atom. The van der Waals surface area contributed by atoms with Crippen LogP contribution in [0.4, 0.5) is 10.5 Å². The molecule has 1 aliphatic heterocycles. The zero-order valence-corrected chi connectivity index (χ0v) is 12.3. The lowest BCUT2D eigenvalue weighted by Crippen LogP contribution is -2.46. The maximum absolute atomic E-state index is 12.3. The third-order valence-electron chi connectivity index (χ3n) is 3.45. The molecule has 0 unspecified atom stereocenters. The molecular weight excluding hydrogens is 272 g/mol. The van der Waals surface area contributed by atoms with Crippen LogP contribution in [-0.4, -0.2) is 36.8 Å². The minimum Gasteiger partial charge on any atom is -0.491 e. The number of amides is 2. The van der Waals surface area contributed by atoms with E-state index in [0.717, 1.165) is 6.42 Å². The van der Waals surface area contributed by atoms with Crippen molar-refractivity contribution in [3.63, 3.8) is 0 Å². The smallest absolute Gasteiger partial charge is 0.322 e. The fourth-order valence-corrected chi connectivity index (χ4v) is 2.01. The molecule has 0 saturated carbocycles. The Labute approximate surface area is 123 Å².